The number of nitrogens with one attached hydrogen (secondary N) is 1. The molecular weight excluding hydrogens is 330 g/mol. The number of carboxylic acid groups (broad SMARTS) is 1. The zero-order valence-corrected chi connectivity index (χ0v) is 14.9. The van der Waals surface area contributed by atoms with Crippen molar-refractivity contribution in [3.05, 3.63) is 65.7 Å². The normalized spacial score (nSPS) is 13.0. The summed E-state index contributed by atoms with van der Waals surface area (Å²) in [6.07, 6.45) is 2.29. The number of hydrogen-bond acceptors (Lipinski definition) is 3. The largest absolute Gasteiger partial charge is 0.508 e. The SMILES string of the molecule is CCC(c1ccc(O)cc1)C(NC(=O)CCCc1ccccc1)C(=O)O. The molecule has 26 heavy (non-hydrogen) atoms. The number of phenolic OH excluding ortho intramolecular Hbond substituents is 1. The summed E-state index contributed by atoms with van der Waals surface area (Å²) in [6, 6.07) is 15.3. The average molecular weight is 355 g/mol. The zero-order chi connectivity index (χ0) is 18.9. The summed E-state index contributed by atoms with van der Waals surface area (Å²) in [7, 11) is 0. The van der Waals surface area contributed by atoms with Crippen molar-refractivity contribution in [2.75, 3.05) is 0 Å². The quantitative estimate of drug-likeness (QED) is 0.643. The molecule has 0 saturated carbocycles. The summed E-state index contributed by atoms with van der Waals surface area (Å²) in [5.41, 5.74) is 1.94. The number of phenols is 1. The molecule has 0 saturated heterocycles. The Hall–Kier alpha value is -2.82. The number of carbonyl (C=O) groups is 2. The first-order valence-electron chi connectivity index (χ1n) is 8.86. The number of carbonyl (C=O) groups excluding carboxylic acids is 1. The molecule has 3 N–H and O–H groups in total. The van der Waals surface area contributed by atoms with Crippen LogP contribution in [0.1, 0.15) is 43.2 Å². The fraction of sp³-hybridized carbons (Fsp3) is 0.333. The molecule has 5 heteroatoms. The first-order chi connectivity index (χ1) is 12.5. The molecule has 0 radical (unpaired) electrons. The van der Waals surface area contributed by atoms with Gasteiger partial charge in [-0.25, -0.2) is 4.79 Å². The number of aryl methyl sites for hydroxylation is 1. The van der Waals surface area contributed by atoms with Crippen molar-refractivity contribution in [2.24, 2.45) is 0 Å². The summed E-state index contributed by atoms with van der Waals surface area (Å²) >= 11 is 0. The molecule has 0 aliphatic carbocycles. The van der Waals surface area contributed by atoms with Crippen LogP contribution in [0.5, 0.6) is 5.75 Å². The maximum Gasteiger partial charge on any atom is 0.326 e. The number of benzene rings is 2. The molecule has 2 rings (SSSR count). The standard InChI is InChI=1S/C21H25NO4/c1-2-18(16-11-13-17(23)14-12-16)20(21(25)26)22-19(24)10-6-9-15-7-4-3-5-8-15/h3-5,7-8,11-14,18,20,23H,2,6,9-10H2,1H3,(H,22,24)(H,25,26). The minimum absolute atomic E-state index is 0.125. The van der Waals surface area contributed by atoms with Crippen LogP contribution in [0, 0.1) is 0 Å². The Morgan fingerprint density at radius 3 is 2.27 bits per heavy atom. The van der Waals surface area contributed by atoms with E-state index in [1.807, 2.05) is 37.3 Å². The van der Waals surface area contributed by atoms with E-state index in [-0.39, 0.29) is 24.0 Å². The van der Waals surface area contributed by atoms with Crippen LogP contribution in [0.25, 0.3) is 0 Å². The number of aromatic hydroxyl groups is 1. The van der Waals surface area contributed by atoms with Gasteiger partial charge in [-0.1, -0.05) is 49.4 Å². The van der Waals surface area contributed by atoms with Gasteiger partial charge in [0.05, 0.1) is 0 Å². The highest BCUT2D eigenvalue weighted by Gasteiger charge is 2.29. The lowest BCUT2D eigenvalue weighted by molar-refractivity contribution is -0.142. The van der Waals surface area contributed by atoms with E-state index in [9.17, 15) is 19.8 Å². The van der Waals surface area contributed by atoms with Crippen molar-refractivity contribution in [1.29, 1.82) is 0 Å². The number of amides is 1. The maximum atomic E-state index is 12.2. The lowest BCUT2D eigenvalue weighted by atomic mass is 9.89. The third-order valence-electron chi connectivity index (χ3n) is 4.46. The van der Waals surface area contributed by atoms with Gasteiger partial charge in [0.2, 0.25) is 5.91 Å². The second-order valence-electron chi connectivity index (χ2n) is 6.33. The smallest absolute Gasteiger partial charge is 0.326 e. The van der Waals surface area contributed by atoms with Gasteiger partial charge in [-0.15, -0.1) is 0 Å². The highest BCUT2D eigenvalue weighted by molar-refractivity contribution is 5.84. The summed E-state index contributed by atoms with van der Waals surface area (Å²) < 4.78 is 0. The number of aliphatic carboxylic acids is 1. The van der Waals surface area contributed by atoms with Gasteiger partial charge in [0, 0.05) is 12.3 Å². The molecular formula is C21H25NO4. The fourth-order valence-corrected chi connectivity index (χ4v) is 3.06. The molecule has 1 amide bonds. The van der Waals surface area contributed by atoms with Crippen LogP contribution in [-0.2, 0) is 16.0 Å². The van der Waals surface area contributed by atoms with Crippen molar-refractivity contribution in [3.8, 4) is 5.75 Å². The lowest BCUT2D eigenvalue weighted by Gasteiger charge is -2.24. The monoisotopic (exact) mass is 355 g/mol. The average Bonchev–Trinajstić information content (AvgIpc) is 2.63. The van der Waals surface area contributed by atoms with Gasteiger partial charge in [-0.2, -0.15) is 0 Å². The molecule has 0 fully saturated rings. The molecule has 5 nitrogen and oxygen atoms in total. The van der Waals surface area contributed by atoms with Gasteiger partial charge in [0.15, 0.2) is 0 Å². The summed E-state index contributed by atoms with van der Waals surface area (Å²) in [5.74, 6) is -1.54. The number of rotatable bonds is 9. The van der Waals surface area contributed by atoms with Gasteiger partial charge in [0.1, 0.15) is 11.8 Å². The lowest BCUT2D eigenvalue weighted by Crippen LogP contribution is -2.44. The third kappa shape index (κ3) is 5.62. The summed E-state index contributed by atoms with van der Waals surface area (Å²) in [4.78, 5) is 23.9. The molecule has 0 aromatic heterocycles. The van der Waals surface area contributed by atoms with E-state index in [1.165, 1.54) is 12.1 Å². The van der Waals surface area contributed by atoms with Crippen molar-refractivity contribution in [3.63, 3.8) is 0 Å². The first-order valence-corrected chi connectivity index (χ1v) is 8.86. The van der Waals surface area contributed by atoms with Gasteiger partial charge in [-0.05, 0) is 42.5 Å². The van der Waals surface area contributed by atoms with E-state index in [1.54, 1.807) is 12.1 Å². The maximum absolute atomic E-state index is 12.2. The van der Waals surface area contributed by atoms with Gasteiger partial charge < -0.3 is 15.5 Å². The van der Waals surface area contributed by atoms with E-state index in [4.69, 9.17) is 0 Å². The molecule has 2 atom stereocenters. The van der Waals surface area contributed by atoms with Crippen molar-refractivity contribution in [2.45, 2.75) is 44.6 Å². The van der Waals surface area contributed by atoms with E-state index in [0.29, 0.717) is 12.8 Å². The predicted octanol–water partition coefficient (Wildman–Crippen LogP) is 3.48. The van der Waals surface area contributed by atoms with E-state index in [0.717, 1.165) is 17.5 Å². The Balaban J connectivity index is 1.96. The van der Waals surface area contributed by atoms with Crippen molar-refractivity contribution >= 4 is 11.9 Å². The van der Waals surface area contributed by atoms with Gasteiger partial charge >= 0.3 is 5.97 Å². The van der Waals surface area contributed by atoms with Gasteiger partial charge in [-0.3, -0.25) is 4.79 Å². The molecule has 0 aliphatic rings. The Bertz CT molecular complexity index is 713. The molecule has 138 valence electrons. The van der Waals surface area contributed by atoms with Crippen LogP contribution < -0.4 is 5.32 Å². The summed E-state index contributed by atoms with van der Waals surface area (Å²) in [5, 5.41) is 21.7. The van der Waals surface area contributed by atoms with Crippen LogP contribution in [0.4, 0.5) is 0 Å². The second kappa shape index (κ2) is 9.61. The van der Waals surface area contributed by atoms with Crippen LogP contribution in [0.3, 0.4) is 0 Å². The Morgan fingerprint density at radius 1 is 1.04 bits per heavy atom. The molecule has 0 aliphatic heterocycles. The van der Waals surface area contributed by atoms with Crippen LogP contribution >= 0.6 is 0 Å². The zero-order valence-electron chi connectivity index (χ0n) is 14.9. The number of hydrogen-bond donors (Lipinski definition) is 3. The van der Waals surface area contributed by atoms with E-state index in [2.05, 4.69) is 5.32 Å². The summed E-state index contributed by atoms with van der Waals surface area (Å²) in [6.45, 7) is 1.88. The molecule has 0 spiro atoms. The number of carboxylic acids is 1. The molecule has 0 heterocycles. The van der Waals surface area contributed by atoms with Gasteiger partial charge in [0.25, 0.3) is 0 Å². The van der Waals surface area contributed by atoms with Crippen LogP contribution in [0.15, 0.2) is 54.6 Å². The molecule has 2 unspecified atom stereocenters. The first kappa shape index (κ1) is 19.5. The molecule has 2 aromatic carbocycles. The van der Waals surface area contributed by atoms with Crippen LogP contribution in [-0.4, -0.2) is 28.1 Å². The topological polar surface area (TPSA) is 86.6 Å². The highest BCUT2D eigenvalue weighted by atomic mass is 16.4. The van der Waals surface area contributed by atoms with E-state index < -0.39 is 12.0 Å². The highest BCUT2D eigenvalue weighted by Crippen LogP contribution is 2.25. The minimum Gasteiger partial charge on any atom is -0.508 e. The van der Waals surface area contributed by atoms with Crippen LogP contribution in [0.2, 0.25) is 0 Å². The van der Waals surface area contributed by atoms with Crippen molar-refractivity contribution in [1.82, 2.24) is 5.32 Å². The third-order valence-corrected chi connectivity index (χ3v) is 4.46. The second-order valence-corrected chi connectivity index (χ2v) is 6.33. The predicted molar refractivity (Wildman–Crippen MR) is 100 cm³/mol. The Morgan fingerprint density at radius 2 is 1.69 bits per heavy atom. The molecule has 0 bridgehead atoms. The Labute approximate surface area is 153 Å². The minimum atomic E-state index is -1.05. The van der Waals surface area contributed by atoms with Crippen molar-refractivity contribution < 1.29 is 19.8 Å². The fourth-order valence-electron chi connectivity index (χ4n) is 3.06. The Kier molecular flexibility index (Phi) is 7.21. The molecule has 2 aromatic rings. The van der Waals surface area contributed by atoms with E-state index >= 15 is 0 Å².